The monoisotopic (exact) mass is 571 g/mol. The molecular formula is C22H31ClN7O7P. The Morgan fingerprint density at radius 2 is 2.11 bits per heavy atom. The zero-order valence-corrected chi connectivity index (χ0v) is 22.9. The standard InChI is InChI=1S/C22H31ClN7O7P/c1-21(2,19(32)34-4)29-38(37-12-7-5-11(23)6-8-12)35-9-13-15(31)22(3,33)18(36-13)30-10-26-14-16(24)27-20(25)28-17(14)30/h5,7,10,13,15,18,29,31,33H,6,8-9H2,1-4H3,(H4,24,25,27,28)/t13?,15-,18-,22-,38?/m1/s1. The topological polar surface area (TPSA) is 202 Å². The summed E-state index contributed by atoms with van der Waals surface area (Å²) < 4.78 is 24.3. The van der Waals surface area contributed by atoms with Gasteiger partial charge in [-0.2, -0.15) is 9.97 Å². The van der Waals surface area contributed by atoms with Crippen LogP contribution in [0.2, 0.25) is 0 Å². The number of aliphatic hydroxyl groups is 2. The fourth-order valence-electron chi connectivity index (χ4n) is 4.03. The molecule has 2 aromatic heterocycles. The van der Waals surface area contributed by atoms with Crippen LogP contribution in [0.1, 0.15) is 39.8 Å². The van der Waals surface area contributed by atoms with Crippen molar-refractivity contribution in [2.45, 2.75) is 63.2 Å². The molecule has 14 nitrogen and oxygen atoms in total. The number of hydrogen-bond acceptors (Lipinski definition) is 13. The highest BCUT2D eigenvalue weighted by Crippen LogP contribution is 2.45. The molecule has 2 aliphatic rings. The molecule has 0 bridgehead atoms. The van der Waals surface area contributed by atoms with E-state index in [0.29, 0.717) is 23.6 Å². The average molecular weight is 572 g/mol. The molecule has 1 fully saturated rings. The molecule has 1 aliphatic carbocycles. The van der Waals surface area contributed by atoms with E-state index in [4.69, 9.17) is 41.6 Å². The molecule has 5 atom stereocenters. The smallest absolute Gasteiger partial charge is 0.325 e. The van der Waals surface area contributed by atoms with Crippen LogP contribution in [0.4, 0.5) is 11.8 Å². The van der Waals surface area contributed by atoms with Gasteiger partial charge in [0.25, 0.3) is 0 Å². The SMILES string of the molecule is COC(=O)C(C)(C)NP(OCC1O[C@@H](n2cnc3c(N)nc(N)nc32)[C@](C)(O)[C@@H]1O)OC1=CC=C(Cl)CC1. The van der Waals surface area contributed by atoms with Crippen LogP contribution < -0.4 is 16.6 Å². The number of nitrogen functional groups attached to an aromatic ring is 2. The van der Waals surface area contributed by atoms with Crippen molar-refractivity contribution >= 4 is 49.0 Å². The Balaban J connectivity index is 1.53. The number of carbonyl (C=O) groups excluding carboxylic acids is 1. The third-order valence-electron chi connectivity index (χ3n) is 6.16. The van der Waals surface area contributed by atoms with Crippen molar-refractivity contribution in [2.24, 2.45) is 0 Å². The van der Waals surface area contributed by atoms with Crippen molar-refractivity contribution in [1.82, 2.24) is 24.6 Å². The van der Waals surface area contributed by atoms with Gasteiger partial charge < -0.3 is 40.2 Å². The molecule has 16 heteroatoms. The van der Waals surface area contributed by atoms with Gasteiger partial charge in [0, 0.05) is 11.5 Å². The number of ether oxygens (including phenoxy) is 2. The lowest BCUT2D eigenvalue weighted by atomic mass is 9.96. The number of methoxy groups -OCH3 is 1. The number of anilines is 2. The summed E-state index contributed by atoms with van der Waals surface area (Å²) in [4.78, 5) is 24.5. The lowest BCUT2D eigenvalue weighted by molar-refractivity contribution is -0.146. The lowest BCUT2D eigenvalue weighted by Gasteiger charge is -2.30. The minimum atomic E-state index is -1.92. The first kappa shape index (κ1) is 28.4. The fourth-order valence-corrected chi connectivity index (χ4v) is 5.55. The summed E-state index contributed by atoms with van der Waals surface area (Å²) in [6.07, 6.45) is 2.49. The molecule has 0 spiro atoms. The number of esters is 1. The summed E-state index contributed by atoms with van der Waals surface area (Å²) in [5, 5.41) is 25.9. The summed E-state index contributed by atoms with van der Waals surface area (Å²) in [6, 6.07) is 0. The number of nitrogens with zero attached hydrogens (tertiary/aromatic N) is 4. The molecule has 3 heterocycles. The number of aliphatic hydroxyl groups excluding tert-OH is 1. The highest BCUT2D eigenvalue weighted by atomic mass is 35.5. The van der Waals surface area contributed by atoms with Gasteiger partial charge in [-0.15, -0.1) is 0 Å². The van der Waals surface area contributed by atoms with Crippen LogP contribution in [0.3, 0.4) is 0 Å². The molecular weight excluding hydrogens is 541 g/mol. The zero-order valence-electron chi connectivity index (χ0n) is 21.3. The van der Waals surface area contributed by atoms with Crippen LogP contribution in [-0.2, 0) is 23.3 Å². The molecule has 208 valence electrons. The van der Waals surface area contributed by atoms with Gasteiger partial charge in [0.2, 0.25) is 5.95 Å². The predicted molar refractivity (Wildman–Crippen MR) is 139 cm³/mol. The number of nitrogens with two attached hydrogens (primary N) is 2. The van der Waals surface area contributed by atoms with E-state index in [1.54, 1.807) is 26.0 Å². The molecule has 2 unspecified atom stereocenters. The second-order valence-electron chi connectivity index (χ2n) is 9.61. The van der Waals surface area contributed by atoms with E-state index in [0.717, 1.165) is 0 Å². The molecule has 38 heavy (non-hydrogen) atoms. The largest absolute Gasteiger partial charge is 0.468 e. The minimum Gasteiger partial charge on any atom is -0.468 e. The van der Waals surface area contributed by atoms with Gasteiger partial charge in [0.1, 0.15) is 34.6 Å². The molecule has 7 N–H and O–H groups in total. The van der Waals surface area contributed by atoms with E-state index in [1.807, 2.05) is 0 Å². The Morgan fingerprint density at radius 1 is 1.37 bits per heavy atom. The van der Waals surface area contributed by atoms with Gasteiger partial charge in [-0.3, -0.25) is 9.36 Å². The van der Waals surface area contributed by atoms with Crippen molar-refractivity contribution in [3.63, 3.8) is 0 Å². The second kappa shape index (κ2) is 10.9. The molecule has 0 radical (unpaired) electrons. The second-order valence-corrected chi connectivity index (χ2v) is 11.3. The van der Waals surface area contributed by atoms with E-state index in [9.17, 15) is 15.0 Å². The normalized spacial score (nSPS) is 26.7. The van der Waals surface area contributed by atoms with Crippen molar-refractivity contribution in [3.8, 4) is 0 Å². The summed E-state index contributed by atoms with van der Waals surface area (Å²) in [6.45, 7) is 4.47. The molecule has 0 amide bonds. The maximum atomic E-state index is 12.3. The Bertz CT molecular complexity index is 1270. The summed E-state index contributed by atoms with van der Waals surface area (Å²) in [5.74, 6) is 0.0706. The Kier molecular flexibility index (Phi) is 8.15. The Morgan fingerprint density at radius 3 is 2.76 bits per heavy atom. The number of rotatable bonds is 9. The number of fused-ring (bicyclic) bond motifs is 1. The number of imidazole rings is 1. The first-order valence-electron chi connectivity index (χ1n) is 11.7. The van der Waals surface area contributed by atoms with E-state index >= 15 is 0 Å². The molecule has 4 rings (SSSR count). The van der Waals surface area contributed by atoms with Gasteiger partial charge in [-0.25, -0.2) is 10.1 Å². The summed E-state index contributed by atoms with van der Waals surface area (Å²) in [5.41, 5.74) is 9.21. The van der Waals surface area contributed by atoms with Gasteiger partial charge in [-0.1, -0.05) is 11.6 Å². The molecule has 0 aromatic carbocycles. The van der Waals surface area contributed by atoms with Crippen LogP contribution in [0, 0.1) is 0 Å². The summed E-state index contributed by atoms with van der Waals surface area (Å²) >= 11 is 6.05. The first-order valence-corrected chi connectivity index (χ1v) is 13.2. The lowest BCUT2D eigenvalue weighted by Crippen LogP contribution is -2.46. The van der Waals surface area contributed by atoms with Crippen LogP contribution in [-0.4, -0.2) is 72.8 Å². The minimum absolute atomic E-state index is 0.0690. The van der Waals surface area contributed by atoms with Crippen molar-refractivity contribution in [2.75, 3.05) is 25.2 Å². The first-order chi connectivity index (χ1) is 17.8. The number of nitrogens with one attached hydrogen (secondary N) is 1. The molecule has 1 aliphatic heterocycles. The van der Waals surface area contributed by atoms with Gasteiger partial charge in [-0.05, 0) is 39.3 Å². The summed E-state index contributed by atoms with van der Waals surface area (Å²) in [7, 11) is -0.642. The van der Waals surface area contributed by atoms with Crippen LogP contribution in [0.25, 0.3) is 11.2 Å². The van der Waals surface area contributed by atoms with Crippen LogP contribution >= 0.6 is 20.1 Å². The molecule has 2 aromatic rings. The van der Waals surface area contributed by atoms with Crippen molar-refractivity contribution in [3.05, 3.63) is 29.3 Å². The zero-order chi connectivity index (χ0) is 27.8. The number of carbonyl (C=O) groups is 1. The number of aromatic nitrogens is 4. The van der Waals surface area contributed by atoms with E-state index in [-0.39, 0.29) is 29.5 Å². The highest BCUT2D eigenvalue weighted by molar-refractivity contribution is 7.45. The number of allylic oxidation sites excluding steroid dienone is 4. The third-order valence-corrected chi connectivity index (χ3v) is 8.00. The van der Waals surface area contributed by atoms with Crippen molar-refractivity contribution in [1.29, 1.82) is 0 Å². The van der Waals surface area contributed by atoms with Gasteiger partial charge in [0.15, 0.2) is 17.7 Å². The predicted octanol–water partition coefficient (Wildman–Crippen LogP) is 1.60. The van der Waals surface area contributed by atoms with Crippen molar-refractivity contribution < 1.29 is 33.5 Å². The van der Waals surface area contributed by atoms with Gasteiger partial charge >= 0.3 is 14.5 Å². The van der Waals surface area contributed by atoms with E-state index < -0.39 is 44.1 Å². The quantitative estimate of drug-likeness (QED) is 0.215. The Labute approximate surface area is 224 Å². The fraction of sp³-hybridized carbons (Fsp3) is 0.545. The maximum absolute atomic E-state index is 12.3. The van der Waals surface area contributed by atoms with Gasteiger partial charge in [0.05, 0.1) is 20.0 Å². The third kappa shape index (κ3) is 5.71. The molecule has 1 saturated heterocycles. The highest BCUT2D eigenvalue weighted by Gasteiger charge is 2.54. The molecule has 0 saturated carbocycles. The van der Waals surface area contributed by atoms with E-state index in [2.05, 4.69) is 20.0 Å². The number of hydrogen-bond donors (Lipinski definition) is 5. The maximum Gasteiger partial charge on any atom is 0.325 e. The average Bonchev–Trinajstić information content (AvgIpc) is 3.36. The van der Waals surface area contributed by atoms with E-state index in [1.165, 1.54) is 24.9 Å². The van der Waals surface area contributed by atoms with Crippen LogP contribution in [0.15, 0.2) is 29.3 Å². The number of halogens is 1. The van der Waals surface area contributed by atoms with Crippen LogP contribution in [0.5, 0.6) is 0 Å². The Hall–Kier alpha value is -2.58.